The molecular weight excluding hydrogens is 292 g/mol. The van der Waals surface area contributed by atoms with Crippen LogP contribution in [0.15, 0.2) is 24.3 Å². The number of carbonyl (C=O) groups excluding carboxylic acids is 1. The van der Waals surface area contributed by atoms with E-state index in [4.69, 9.17) is 9.47 Å². The second-order valence-electron chi connectivity index (χ2n) is 6.86. The molecule has 0 aromatic heterocycles. The molecule has 126 valence electrons. The normalized spacial score (nSPS) is 27.7. The Hall–Kier alpha value is -1.59. The minimum absolute atomic E-state index is 0.0323. The van der Waals surface area contributed by atoms with E-state index in [9.17, 15) is 4.79 Å². The summed E-state index contributed by atoms with van der Waals surface area (Å²) >= 11 is 0. The molecule has 2 heterocycles. The van der Waals surface area contributed by atoms with E-state index in [1.54, 1.807) is 13.2 Å². The number of benzene rings is 1. The van der Waals surface area contributed by atoms with E-state index in [-0.39, 0.29) is 11.9 Å². The third kappa shape index (κ3) is 3.67. The lowest BCUT2D eigenvalue weighted by molar-refractivity contribution is -0.0683. The lowest BCUT2D eigenvalue weighted by Crippen LogP contribution is -2.48. The molecule has 1 amide bonds. The predicted molar refractivity (Wildman–Crippen MR) is 88.8 cm³/mol. The van der Waals surface area contributed by atoms with Gasteiger partial charge in [0, 0.05) is 30.7 Å². The smallest absolute Gasteiger partial charge is 0.251 e. The second kappa shape index (κ2) is 6.89. The average molecular weight is 318 g/mol. The summed E-state index contributed by atoms with van der Waals surface area (Å²) in [7, 11) is 1.61. The summed E-state index contributed by atoms with van der Waals surface area (Å²) in [6, 6.07) is 7.89. The van der Waals surface area contributed by atoms with Crippen molar-refractivity contribution in [1.29, 1.82) is 0 Å². The molecular formula is C18H26N2O3. The van der Waals surface area contributed by atoms with Crippen molar-refractivity contribution in [3.8, 4) is 5.75 Å². The summed E-state index contributed by atoms with van der Waals surface area (Å²) in [6.07, 6.45) is 1.26. The topological polar surface area (TPSA) is 50.8 Å². The summed E-state index contributed by atoms with van der Waals surface area (Å²) in [5, 5.41) is 3.16. The van der Waals surface area contributed by atoms with Crippen molar-refractivity contribution < 1.29 is 14.3 Å². The van der Waals surface area contributed by atoms with Crippen LogP contribution in [0.3, 0.4) is 0 Å². The van der Waals surface area contributed by atoms with Gasteiger partial charge in [0.1, 0.15) is 5.75 Å². The summed E-state index contributed by atoms with van der Waals surface area (Å²) in [5.74, 6) is 1.20. The Morgan fingerprint density at radius 2 is 2.22 bits per heavy atom. The zero-order valence-corrected chi connectivity index (χ0v) is 14.1. The van der Waals surface area contributed by atoms with Gasteiger partial charge in [-0.1, -0.05) is 19.9 Å². The summed E-state index contributed by atoms with van der Waals surface area (Å²) < 4.78 is 11.1. The fourth-order valence-corrected chi connectivity index (χ4v) is 3.44. The molecule has 1 N–H and O–H groups in total. The zero-order valence-electron chi connectivity index (χ0n) is 14.1. The number of fused-ring (bicyclic) bond motifs is 1. The van der Waals surface area contributed by atoms with Gasteiger partial charge in [0.25, 0.3) is 5.91 Å². The molecule has 0 radical (unpaired) electrons. The van der Waals surface area contributed by atoms with E-state index in [0.717, 1.165) is 26.1 Å². The number of nitrogens with zero attached hydrogens (tertiary/aromatic N) is 1. The maximum atomic E-state index is 12.4. The first-order valence-corrected chi connectivity index (χ1v) is 8.37. The van der Waals surface area contributed by atoms with Crippen LogP contribution in [0.2, 0.25) is 0 Å². The van der Waals surface area contributed by atoms with E-state index < -0.39 is 0 Å². The van der Waals surface area contributed by atoms with Crippen molar-refractivity contribution in [2.24, 2.45) is 5.92 Å². The molecule has 2 aliphatic heterocycles. The van der Waals surface area contributed by atoms with Gasteiger partial charge in [-0.15, -0.1) is 0 Å². The number of rotatable bonds is 4. The summed E-state index contributed by atoms with van der Waals surface area (Å²) in [4.78, 5) is 14.9. The minimum atomic E-state index is -0.0323. The zero-order chi connectivity index (χ0) is 16.4. The van der Waals surface area contributed by atoms with Gasteiger partial charge in [0.2, 0.25) is 0 Å². The van der Waals surface area contributed by atoms with Gasteiger partial charge < -0.3 is 14.8 Å². The minimum Gasteiger partial charge on any atom is -0.497 e. The van der Waals surface area contributed by atoms with Crippen LogP contribution in [0, 0.1) is 5.92 Å². The van der Waals surface area contributed by atoms with Crippen molar-refractivity contribution >= 4 is 5.91 Å². The van der Waals surface area contributed by atoms with Crippen LogP contribution in [-0.4, -0.2) is 55.8 Å². The largest absolute Gasteiger partial charge is 0.497 e. The maximum absolute atomic E-state index is 12.4. The molecule has 5 nitrogen and oxygen atoms in total. The Kier molecular flexibility index (Phi) is 4.87. The van der Waals surface area contributed by atoms with Crippen molar-refractivity contribution in [2.75, 3.05) is 26.8 Å². The number of ether oxygens (including phenoxy) is 2. The lowest BCUT2D eigenvalue weighted by atomic mass is 10.0. The van der Waals surface area contributed by atoms with Crippen molar-refractivity contribution in [3.05, 3.63) is 29.8 Å². The molecule has 0 saturated carbocycles. The van der Waals surface area contributed by atoms with Crippen LogP contribution < -0.4 is 10.1 Å². The molecule has 0 bridgehead atoms. The van der Waals surface area contributed by atoms with Crippen LogP contribution in [-0.2, 0) is 4.74 Å². The second-order valence-corrected chi connectivity index (χ2v) is 6.86. The standard InChI is InChI=1S/C18H26N2O3/c1-12(2)17-10-20-9-14(8-15(20)11-23-17)19-18(21)13-5-4-6-16(7-13)22-3/h4-7,12,14-15,17H,8-11H2,1-3H3,(H,19,21)/t14-,15+,17+/m1/s1. The third-order valence-electron chi connectivity index (χ3n) is 4.86. The van der Waals surface area contributed by atoms with E-state index in [2.05, 4.69) is 24.1 Å². The Morgan fingerprint density at radius 1 is 1.39 bits per heavy atom. The first-order valence-electron chi connectivity index (χ1n) is 8.37. The van der Waals surface area contributed by atoms with Gasteiger partial charge in [0.05, 0.1) is 19.8 Å². The fourth-order valence-electron chi connectivity index (χ4n) is 3.44. The molecule has 5 heteroatoms. The molecule has 1 aromatic rings. The van der Waals surface area contributed by atoms with Gasteiger partial charge in [-0.25, -0.2) is 0 Å². The van der Waals surface area contributed by atoms with Gasteiger partial charge in [-0.05, 0) is 30.5 Å². The third-order valence-corrected chi connectivity index (χ3v) is 4.86. The SMILES string of the molecule is COc1cccc(C(=O)N[C@@H]2C[C@H]3CO[C@H](C(C)C)CN3C2)c1. The molecule has 0 aliphatic carbocycles. The number of amides is 1. The molecule has 2 saturated heterocycles. The van der Waals surface area contributed by atoms with Gasteiger partial charge in [0.15, 0.2) is 0 Å². The van der Waals surface area contributed by atoms with E-state index in [0.29, 0.717) is 29.4 Å². The monoisotopic (exact) mass is 318 g/mol. The number of hydrogen-bond acceptors (Lipinski definition) is 4. The number of methoxy groups -OCH3 is 1. The maximum Gasteiger partial charge on any atom is 0.251 e. The molecule has 0 unspecified atom stereocenters. The summed E-state index contributed by atoms with van der Waals surface area (Å²) in [5.41, 5.74) is 0.644. The Labute approximate surface area is 137 Å². The number of morpholine rings is 1. The highest BCUT2D eigenvalue weighted by atomic mass is 16.5. The molecule has 3 rings (SSSR count). The Balaban J connectivity index is 1.58. The molecule has 0 spiro atoms. The van der Waals surface area contributed by atoms with Crippen LogP contribution in [0.25, 0.3) is 0 Å². The quantitative estimate of drug-likeness (QED) is 0.921. The number of nitrogens with one attached hydrogen (secondary N) is 1. The highest BCUT2D eigenvalue weighted by Gasteiger charge is 2.38. The predicted octanol–water partition coefficient (Wildman–Crippen LogP) is 1.92. The van der Waals surface area contributed by atoms with Gasteiger partial charge in [-0.3, -0.25) is 9.69 Å². The average Bonchev–Trinajstić information content (AvgIpc) is 2.96. The Morgan fingerprint density at radius 3 is 2.96 bits per heavy atom. The lowest BCUT2D eigenvalue weighted by Gasteiger charge is -2.36. The first-order chi connectivity index (χ1) is 11.1. The fraction of sp³-hybridized carbons (Fsp3) is 0.611. The highest BCUT2D eigenvalue weighted by Crippen LogP contribution is 2.26. The van der Waals surface area contributed by atoms with Crippen LogP contribution in [0.1, 0.15) is 30.6 Å². The van der Waals surface area contributed by atoms with E-state index in [1.807, 2.05) is 18.2 Å². The van der Waals surface area contributed by atoms with Crippen molar-refractivity contribution in [1.82, 2.24) is 10.2 Å². The van der Waals surface area contributed by atoms with Crippen molar-refractivity contribution in [3.63, 3.8) is 0 Å². The molecule has 2 fully saturated rings. The van der Waals surface area contributed by atoms with E-state index >= 15 is 0 Å². The van der Waals surface area contributed by atoms with Crippen LogP contribution in [0.4, 0.5) is 0 Å². The highest BCUT2D eigenvalue weighted by molar-refractivity contribution is 5.94. The van der Waals surface area contributed by atoms with E-state index in [1.165, 1.54) is 0 Å². The first kappa shape index (κ1) is 16.3. The van der Waals surface area contributed by atoms with Crippen LogP contribution >= 0.6 is 0 Å². The van der Waals surface area contributed by atoms with Crippen LogP contribution in [0.5, 0.6) is 5.75 Å². The van der Waals surface area contributed by atoms with Gasteiger partial charge >= 0.3 is 0 Å². The molecule has 3 atom stereocenters. The molecule has 23 heavy (non-hydrogen) atoms. The summed E-state index contributed by atoms with van der Waals surface area (Å²) in [6.45, 7) is 7.04. The van der Waals surface area contributed by atoms with Crippen molar-refractivity contribution in [2.45, 2.75) is 38.5 Å². The molecule has 1 aromatic carbocycles. The van der Waals surface area contributed by atoms with Gasteiger partial charge in [-0.2, -0.15) is 0 Å². The Bertz CT molecular complexity index is 561. The number of carbonyl (C=O) groups is 1. The molecule has 2 aliphatic rings. The number of hydrogen-bond donors (Lipinski definition) is 1.